The van der Waals surface area contributed by atoms with Crippen molar-refractivity contribution in [1.29, 1.82) is 0 Å². The highest BCUT2D eigenvalue weighted by Gasteiger charge is 2.35. The number of aromatic nitrogens is 2. The molecule has 2 saturated heterocycles. The molecule has 106 valence electrons. The monoisotopic (exact) mass is 265 g/mol. The zero-order valence-electron chi connectivity index (χ0n) is 11.5. The van der Waals surface area contributed by atoms with Crippen LogP contribution in [0.3, 0.4) is 0 Å². The summed E-state index contributed by atoms with van der Waals surface area (Å²) >= 11 is 0. The van der Waals surface area contributed by atoms with E-state index in [1.165, 1.54) is 19.4 Å². The number of imidazole rings is 1. The number of nitrogens with two attached hydrogens (primary N) is 1. The van der Waals surface area contributed by atoms with Gasteiger partial charge in [-0.15, -0.1) is 0 Å². The molecule has 3 atom stereocenters. The van der Waals surface area contributed by atoms with E-state index in [0.717, 1.165) is 25.4 Å². The van der Waals surface area contributed by atoms with Gasteiger partial charge in [0.1, 0.15) is 5.82 Å². The molecule has 2 aliphatic heterocycles. The fourth-order valence-corrected chi connectivity index (χ4v) is 3.17. The lowest BCUT2D eigenvalue weighted by molar-refractivity contribution is -0.0647. The maximum atomic E-state index is 6.01. The molecule has 0 radical (unpaired) electrons. The van der Waals surface area contributed by atoms with Gasteiger partial charge in [0.2, 0.25) is 0 Å². The van der Waals surface area contributed by atoms with Crippen LogP contribution in [0.5, 0.6) is 0 Å². The number of morpholine rings is 1. The van der Waals surface area contributed by atoms with Gasteiger partial charge in [-0.2, -0.15) is 0 Å². The van der Waals surface area contributed by atoms with Crippen LogP contribution in [0.15, 0.2) is 12.4 Å². The number of ether oxygens (including phenoxy) is 1. The number of hydrogen-bond donors (Lipinski definition) is 2. The van der Waals surface area contributed by atoms with Gasteiger partial charge in [-0.1, -0.05) is 0 Å². The fourth-order valence-electron chi connectivity index (χ4n) is 3.17. The number of hydrogen-bond acceptors (Lipinski definition) is 5. The molecular formula is C13H23N5O. The summed E-state index contributed by atoms with van der Waals surface area (Å²) in [5.41, 5.74) is 2.91. The minimum Gasteiger partial charge on any atom is -0.374 e. The summed E-state index contributed by atoms with van der Waals surface area (Å²) in [6.45, 7) is 3.01. The number of rotatable bonds is 4. The van der Waals surface area contributed by atoms with Gasteiger partial charge in [0, 0.05) is 38.4 Å². The smallest absolute Gasteiger partial charge is 0.110 e. The lowest BCUT2D eigenvalue weighted by Crippen LogP contribution is -2.56. The van der Waals surface area contributed by atoms with Gasteiger partial charge in [0.25, 0.3) is 0 Å². The molecule has 2 fully saturated rings. The van der Waals surface area contributed by atoms with E-state index in [9.17, 15) is 0 Å². The molecule has 0 aromatic carbocycles. The molecule has 0 aliphatic carbocycles. The van der Waals surface area contributed by atoms with E-state index in [4.69, 9.17) is 10.6 Å². The molecule has 0 saturated carbocycles. The molecule has 2 aliphatic rings. The van der Waals surface area contributed by atoms with E-state index >= 15 is 0 Å². The van der Waals surface area contributed by atoms with Gasteiger partial charge < -0.3 is 9.30 Å². The van der Waals surface area contributed by atoms with Gasteiger partial charge in [-0.25, -0.2) is 4.98 Å². The molecule has 0 spiro atoms. The maximum Gasteiger partial charge on any atom is 0.110 e. The number of fused-ring (bicyclic) bond motifs is 1. The predicted molar refractivity (Wildman–Crippen MR) is 72.4 cm³/mol. The average Bonchev–Trinajstić information content (AvgIpc) is 3.04. The van der Waals surface area contributed by atoms with E-state index in [2.05, 4.69) is 15.3 Å². The van der Waals surface area contributed by atoms with Crippen LogP contribution < -0.4 is 11.3 Å². The molecule has 3 heterocycles. The largest absolute Gasteiger partial charge is 0.374 e. The van der Waals surface area contributed by atoms with Crippen LogP contribution >= 0.6 is 0 Å². The SMILES string of the molecule is Cn1ccnc1CC(NN)C1CN2CCCC2CO1. The zero-order chi connectivity index (χ0) is 13.2. The van der Waals surface area contributed by atoms with Crippen LogP contribution in [0.25, 0.3) is 0 Å². The van der Waals surface area contributed by atoms with Crippen molar-refractivity contribution in [3.8, 4) is 0 Å². The Morgan fingerprint density at radius 2 is 2.53 bits per heavy atom. The molecular weight excluding hydrogens is 242 g/mol. The van der Waals surface area contributed by atoms with Crippen molar-refractivity contribution in [2.24, 2.45) is 12.9 Å². The molecule has 0 bridgehead atoms. The third kappa shape index (κ3) is 2.67. The minimum absolute atomic E-state index is 0.114. The van der Waals surface area contributed by atoms with Crippen LogP contribution in [-0.2, 0) is 18.2 Å². The topological polar surface area (TPSA) is 68.3 Å². The Morgan fingerprint density at radius 1 is 1.63 bits per heavy atom. The van der Waals surface area contributed by atoms with E-state index in [1.54, 1.807) is 0 Å². The van der Waals surface area contributed by atoms with Crippen molar-refractivity contribution >= 4 is 0 Å². The quantitative estimate of drug-likeness (QED) is 0.576. The Kier molecular flexibility index (Phi) is 3.83. The lowest BCUT2D eigenvalue weighted by atomic mass is 10.0. The van der Waals surface area contributed by atoms with E-state index in [0.29, 0.717) is 6.04 Å². The number of nitrogens with zero attached hydrogens (tertiary/aromatic N) is 3. The normalized spacial score (nSPS) is 29.4. The summed E-state index contributed by atoms with van der Waals surface area (Å²) in [6.07, 6.45) is 7.29. The van der Waals surface area contributed by atoms with Crippen molar-refractivity contribution in [2.45, 2.75) is 37.5 Å². The first-order valence-electron chi connectivity index (χ1n) is 7.06. The summed E-state index contributed by atoms with van der Waals surface area (Å²) in [4.78, 5) is 6.90. The molecule has 3 rings (SSSR count). The maximum absolute atomic E-state index is 6.01. The first-order valence-corrected chi connectivity index (χ1v) is 7.06. The third-order valence-corrected chi connectivity index (χ3v) is 4.40. The molecule has 6 heteroatoms. The van der Waals surface area contributed by atoms with Crippen LogP contribution in [0.1, 0.15) is 18.7 Å². The molecule has 0 amide bonds. The first-order chi connectivity index (χ1) is 9.28. The van der Waals surface area contributed by atoms with E-state index in [1.807, 2.05) is 24.0 Å². The highest BCUT2D eigenvalue weighted by molar-refractivity contribution is 4.98. The molecule has 6 nitrogen and oxygen atoms in total. The number of hydrazine groups is 1. The Balaban J connectivity index is 1.64. The summed E-state index contributed by atoms with van der Waals surface area (Å²) in [5, 5.41) is 0. The summed E-state index contributed by atoms with van der Waals surface area (Å²) in [5.74, 6) is 6.76. The van der Waals surface area contributed by atoms with Crippen molar-refractivity contribution in [1.82, 2.24) is 19.9 Å². The fraction of sp³-hybridized carbons (Fsp3) is 0.769. The number of nitrogens with one attached hydrogen (secondary N) is 1. The van der Waals surface area contributed by atoms with Crippen LogP contribution in [0.4, 0.5) is 0 Å². The summed E-state index contributed by atoms with van der Waals surface area (Å²) in [7, 11) is 2.01. The second kappa shape index (κ2) is 5.58. The van der Waals surface area contributed by atoms with Crippen LogP contribution in [-0.4, -0.2) is 52.3 Å². The predicted octanol–water partition coefficient (Wildman–Crippen LogP) is -0.342. The van der Waals surface area contributed by atoms with Crippen molar-refractivity contribution in [2.75, 3.05) is 19.7 Å². The Bertz CT molecular complexity index is 421. The first kappa shape index (κ1) is 13.1. The lowest BCUT2D eigenvalue weighted by Gasteiger charge is -2.38. The standard InChI is InChI=1S/C13H23N5O/c1-17-6-4-15-13(17)7-11(16-14)12-8-18-5-2-3-10(18)9-19-12/h4,6,10-12,16H,2-3,5,7-9,14H2,1H3. The third-order valence-electron chi connectivity index (χ3n) is 4.40. The summed E-state index contributed by atoms with van der Waals surface area (Å²) < 4.78 is 8.05. The Hall–Kier alpha value is -0.950. The molecule has 1 aromatic heterocycles. The van der Waals surface area contributed by atoms with Crippen molar-refractivity contribution < 1.29 is 4.74 Å². The van der Waals surface area contributed by atoms with Gasteiger partial charge in [0.15, 0.2) is 0 Å². The number of aryl methyl sites for hydroxylation is 1. The van der Waals surface area contributed by atoms with Crippen molar-refractivity contribution in [3.63, 3.8) is 0 Å². The van der Waals surface area contributed by atoms with Crippen molar-refractivity contribution in [3.05, 3.63) is 18.2 Å². The Labute approximate surface area is 113 Å². The van der Waals surface area contributed by atoms with Gasteiger partial charge in [-0.05, 0) is 19.4 Å². The highest BCUT2D eigenvalue weighted by atomic mass is 16.5. The molecule has 19 heavy (non-hydrogen) atoms. The van der Waals surface area contributed by atoms with Gasteiger partial charge >= 0.3 is 0 Å². The second-order valence-corrected chi connectivity index (χ2v) is 5.59. The Morgan fingerprint density at radius 3 is 3.26 bits per heavy atom. The highest BCUT2D eigenvalue weighted by Crippen LogP contribution is 2.24. The molecule has 3 N–H and O–H groups in total. The molecule has 3 unspecified atom stereocenters. The second-order valence-electron chi connectivity index (χ2n) is 5.59. The minimum atomic E-state index is 0.114. The van der Waals surface area contributed by atoms with Crippen LogP contribution in [0, 0.1) is 0 Å². The average molecular weight is 265 g/mol. The van der Waals surface area contributed by atoms with E-state index in [-0.39, 0.29) is 12.1 Å². The zero-order valence-corrected chi connectivity index (χ0v) is 11.5. The molecule has 1 aromatic rings. The van der Waals surface area contributed by atoms with Gasteiger partial charge in [0.05, 0.1) is 18.8 Å². The van der Waals surface area contributed by atoms with Crippen LogP contribution in [0.2, 0.25) is 0 Å². The summed E-state index contributed by atoms with van der Waals surface area (Å²) in [6, 6.07) is 0.741. The van der Waals surface area contributed by atoms with E-state index < -0.39 is 0 Å². The van der Waals surface area contributed by atoms with Gasteiger partial charge in [-0.3, -0.25) is 16.2 Å².